The molecule has 4 aliphatic rings. The lowest BCUT2D eigenvalue weighted by Crippen LogP contribution is -2.52. The van der Waals surface area contributed by atoms with Crippen molar-refractivity contribution >= 4 is 29.1 Å². The molecular weight excluding hydrogens is 673 g/mol. The molecule has 52 heavy (non-hydrogen) atoms. The molecule has 3 saturated heterocycles. The van der Waals surface area contributed by atoms with Gasteiger partial charge in [-0.3, -0.25) is 24.6 Å². The van der Waals surface area contributed by atoms with E-state index in [1.807, 2.05) is 41.3 Å². The largest absolute Gasteiger partial charge is 0.494 e. The van der Waals surface area contributed by atoms with E-state index >= 15 is 0 Å². The SMILES string of the molecule is N#Cc1ccc(N2CC[C@H](c3ccc(OCCCCN4CCN(c5ccc6c(c5)CN(C5CCC(=O)NC5=O)C6=O)CC4)cc3)C2)cc1C(F)(F)F. The third-order valence-electron chi connectivity index (χ3n) is 10.7. The van der Waals surface area contributed by atoms with Gasteiger partial charge in [0.1, 0.15) is 11.8 Å². The highest BCUT2D eigenvalue weighted by molar-refractivity contribution is 6.05. The number of alkyl halides is 3. The molecule has 1 N–H and O–H groups in total. The Morgan fingerprint density at radius 1 is 0.865 bits per heavy atom. The summed E-state index contributed by atoms with van der Waals surface area (Å²) in [6, 6.07) is 18.9. The number of benzene rings is 3. The van der Waals surface area contributed by atoms with Gasteiger partial charge in [-0.15, -0.1) is 0 Å². The average molecular weight is 715 g/mol. The molecule has 3 amide bonds. The first-order valence-corrected chi connectivity index (χ1v) is 17.9. The smallest absolute Gasteiger partial charge is 0.417 e. The minimum absolute atomic E-state index is 0.157. The molecule has 2 atom stereocenters. The van der Waals surface area contributed by atoms with Crippen LogP contribution < -0.4 is 19.9 Å². The lowest BCUT2D eigenvalue weighted by molar-refractivity contribution is -0.138. The number of piperazine rings is 1. The number of nitrogens with one attached hydrogen (secondary N) is 1. The first-order chi connectivity index (χ1) is 25.1. The number of carbonyl (C=O) groups is 3. The van der Waals surface area contributed by atoms with Crippen molar-refractivity contribution in [2.24, 2.45) is 0 Å². The van der Waals surface area contributed by atoms with Gasteiger partial charge in [0.2, 0.25) is 11.8 Å². The lowest BCUT2D eigenvalue weighted by Gasteiger charge is -2.36. The summed E-state index contributed by atoms with van der Waals surface area (Å²) < 4.78 is 46.4. The fourth-order valence-electron chi connectivity index (χ4n) is 7.78. The number of ether oxygens (including phenoxy) is 1. The molecule has 3 aromatic rings. The summed E-state index contributed by atoms with van der Waals surface area (Å²) in [7, 11) is 0. The van der Waals surface area contributed by atoms with E-state index in [9.17, 15) is 27.6 Å². The number of nitriles is 1. The first kappa shape index (κ1) is 35.3. The van der Waals surface area contributed by atoms with Crippen molar-refractivity contribution in [3.8, 4) is 11.8 Å². The summed E-state index contributed by atoms with van der Waals surface area (Å²) in [4.78, 5) is 45.3. The molecule has 13 heteroatoms. The van der Waals surface area contributed by atoms with Crippen LogP contribution in [0.2, 0.25) is 0 Å². The van der Waals surface area contributed by atoms with Crippen molar-refractivity contribution in [2.75, 3.05) is 62.2 Å². The van der Waals surface area contributed by atoms with Gasteiger partial charge >= 0.3 is 6.18 Å². The van der Waals surface area contributed by atoms with E-state index in [0.29, 0.717) is 43.9 Å². The van der Waals surface area contributed by atoms with Crippen LogP contribution in [0, 0.1) is 11.3 Å². The normalized spacial score (nSPS) is 21.0. The van der Waals surface area contributed by atoms with Gasteiger partial charge in [0, 0.05) is 75.1 Å². The van der Waals surface area contributed by atoms with Gasteiger partial charge in [-0.25, -0.2) is 0 Å². The number of hydrogen-bond donors (Lipinski definition) is 1. The van der Waals surface area contributed by atoms with E-state index < -0.39 is 23.7 Å². The average Bonchev–Trinajstić information content (AvgIpc) is 3.76. The highest BCUT2D eigenvalue weighted by Crippen LogP contribution is 2.37. The van der Waals surface area contributed by atoms with E-state index in [-0.39, 0.29) is 29.7 Å². The zero-order chi connectivity index (χ0) is 36.4. The Labute approximate surface area is 300 Å². The quantitative estimate of drug-likeness (QED) is 0.223. The highest BCUT2D eigenvalue weighted by atomic mass is 19.4. The van der Waals surface area contributed by atoms with Crippen LogP contribution in [0.4, 0.5) is 24.5 Å². The Hall–Kier alpha value is -5.09. The molecule has 4 aliphatic heterocycles. The number of amides is 3. The number of carbonyl (C=O) groups excluding carboxylic acids is 3. The summed E-state index contributed by atoms with van der Waals surface area (Å²) >= 11 is 0. The molecule has 0 bridgehead atoms. The number of nitrogens with zero attached hydrogens (tertiary/aromatic N) is 5. The zero-order valence-electron chi connectivity index (χ0n) is 28.8. The maximum absolute atomic E-state index is 13.5. The van der Waals surface area contributed by atoms with E-state index in [0.717, 1.165) is 80.6 Å². The second-order valence-corrected chi connectivity index (χ2v) is 14.0. The van der Waals surface area contributed by atoms with Crippen LogP contribution in [-0.4, -0.2) is 86.0 Å². The molecule has 0 spiro atoms. The van der Waals surface area contributed by atoms with Gasteiger partial charge in [0.05, 0.1) is 23.8 Å². The molecular formula is C39H41F3N6O4. The topological polar surface area (TPSA) is 109 Å². The second-order valence-electron chi connectivity index (χ2n) is 14.0. The summed E-state index contributed by atoms with van der Waals surface area (Å²) in [5, 5.41) is 11.4. The summed E-state index contributed by atoms with van der Waals surface area (Å²) in [6.07, 6.45) is -1.22. The Bertz CT molecular complexity index is 1870. The number of unbranched alkanes of at least 4 members (excludes halogenated alkanes) is 1. The number of rotatable bonds is 10. The van der Waals surface area contributed by atoms with Crippen LogP contribution in [0.15, 0.2) is 60.7 Å². The summed E-state index contributed by atoms with van der Waals surface area (Å²) in [6.45, 7) is 6.86. The van der Waals surface area contributed by atoms with Crippen molar-refractivity contribution in [1.29, 1.82) is 5.26 Å². The third-order valence-corrected chi connectivity index (χ3v) is 10.7. The first-order valence-electron chi connectivity index (χ1n) is 17.9. The van der Waals surface area contributed by atoms with Gasteiger partial charge in [0.25, 0.3) is 5.91 Å². The van der Waals surface area contributed by atoms with Gasteiger partial charge in [-0.05, 0) is 91.9 Å². The number of piperidine rings is 1. The van der Waals surface area contributed by atoms with E-state index in [1.165, 1.54) is 6.07 Å². The Kier molecular flexibility index (Phi) is 10.1. The minimum Gasteiger partial charge on any atom is -0.494 e. The number of fused-ring (bicyclic) bond motifs is 1. The van der Waals surface area contributed by atoms with E-state index in [2.05, 4.69) is 21.2 Å². The van der Waals surface area contributed by atoms with Gasteiger partial charge in [-0.2, -0.15) is 18.4 Å². The molecule has 7 rings (SSSR count). The van der Waals surface area contributed by atoms with Gasteiger partial charge in [-0.1, -0.05) is 12.1 Å². The maximum Gasteiger partial charge on any atom is 0.417 e. The molecule has 10 nitrogen and oxygen atoms in total. The Morgan fingerprint density at radius 3 is 2.35 bits per heavy atom. The molecule has 4 heterocycles. The van der Waals surface area contributed by atoms with Gasteiger partial charge < -0.3 is 19.4 Å². The van der Waals surface area contributed by atoms with Crippen LogP contribution in [-0.2, 0) is 22.3 Å². The number of imide groups is 1. The van der Waals surface area contributed by atoms with Crippen molar-refractivity contribution < 1.29 is 32.3 Å². The van der Waals surface area contributed by atoms with Crippen LogP contribution in [0.3, 0.4) is 0 Å². The molecule has 0 saturated carbocycles. The Balaban J connectivity index is 0.813. The van der Waals surface area contributed by atoms with Crippen LogP contribution in [0.25, 0.3) is 0 Å². The highest BCUT2D eigenvalue weighted by Gasteiger charge is 2.39. The minimum atomic E-state index is -4.57. The number of hydrogen-bond acceptors (Lipinski definition) is 8. The second kappa shape index (κ2) is 14.9. The van der Waals surface area contributed by atoms with Crippen molar-refractivity contribution in [3.63, 3.8) is 0 Å². The van der Waals surface area contributed by atoms with Crippen molar-refractivity contribution in [2.45, 2.75) is 56.8 Å². The van der Waals surface area contributed by atoms with E-state index in [1.54, 1.807) is 17.0 Å². The maximum atomic E-state index is 13.5. The van der Waals surface area contributed by atoms with E-state index in [4.69, 9.17) is 10.00 Å². The van der Waals surface area contributed by atoms with Gasteiger partial charge in [0.15, 0.2) is 0 Å². The summed E-state index contributed by atoms with van der Waals surface area (Å²) in [5.41, 5.74) is 2.97. The fourth-order valence-corrected chi connectivity index (χ4v) is 7.78. The standard InChI is InChI=1S/C39H41F3N6O4/c40-39(41,42)34-22-31(6-3-27(34)23-43)47-15-13-28(24-47)26-4-8-32(9-5-26)52-20-2-1-14-45-16-18-46(19-17-45)30-7-10-33-29(21-30)25-48(38(33)51)35-11-12-36(49)44-37(35)50/h3-10,21-22,28,35H,1-2,11-20,24-25H2,(H,44,49,50)/t28-,35?/m0/s1. The monoisotopic (exact) mass is 714 g/mol. The molecule has 1 unspecified atom stereocenters. The van der Waals surface area contributed by atoms with Crippen LogP contribution in [0.5, 0.6) is 5.75 Å². The number of halogens is 3. The molecule has 0 aliphatic carbocycles. The molecule has 0 aromatic heterocycles. The van der Waals surface area contributed by atoms with Crippen molar-refractivity contribution in [1.82, 2.24) is 15.1 Å². The van der Waals surface area contributed by atoms with Crippen LogP contribution in [0.1, 0.15) is 70.6 Å². The predicted molar refractivity (Wildman–Crippen MR) is 188 cm³/mol. The molecule has 3 aromatic carbocycles. The summed E-state index contributed by atoms with van der Waals surface area (Å²) in [5.74, 6) is 0.144. The molecule has 0 radical (unpaired) electrons. The van der Waals surface area contributed by atoms with Crippen LogP contribution >= 0.6 is 0 Å². The molecule has 272 valence electrons. The molecule has 3 fully saturated rings. The Morgan fingerprint density at radius 2 is 1.62 bits per heavy atom. The van der Waals surface area contributed by atoms with Crippen molar-refractivity contribution in [3.05, 3.63) is 88.5 Å². The number of anilines is 2. The fraction of sp³-hybridized carbons (Fsp3) is 0.436. The third kappa shape index (κ3) is 7.58. The zero-order valence-corrected chi connectivity index (χ0v) is 28.8. The predicted octanol–water partition coefficient (Wildman–Crippen LogP) is 5.31. The lowest BCUT2D eigenvalue weighted by atomic mass is 9.98.